The van der Waals surface area contributed by atoms with Crippen LogP contribution >= 0.6 is 11.6 Å². The summed E-state index contributed by atoms with van der Waals surface area (Å²) in [4.78, 5) is 12.5. The van der Waals surface area contributed by atoms with Gasteiger partial charge in [-0.25, -0.2) is 13.1 Å². The van der Waals surface area contributed by atoms with E-state index in [0.717, 1.165) is 12.0 Å². The Morgan fingerprint density at radius 2 is 1.92 bits per heavy atom. The van der Waals surface area contributed by atoms with E-state index in [0.29, 0.717) is 36.7 Å². The van der Waals surface area contributed by atoms with Crippen molar-refractivity contribution in [2.45, 2.75) is 39.5 Å². The Balaban J connectivity index is 1.64. The maximum absolute atomic E-state index is 12.6. The van der Waals surface area contributed by atoms with Gasteiger partial charge >= 0.3 is 0 Å². The molecule has 24 heavy (non-hydrogen) atoms. The second-order valence-electron chi connectivity index (χ2n) is 7.70. The lowest BCUT2D eigenvalue weighted by Gasteiger charge is -2.36. The highest BCUT2D eigenvalue weighted by molar-refractivity contribution is 7.89. The lowest BCUT2D eigenvalue weighted by Crippen LogP contribution is -2.45. The molecule has 0 spiro atoms. The van der Waals surface area contributed by atoms with Crippen LogP contribution in [0.4, 0.5) is 0 Å². The van der Waals surface area contributed by atoms with Crippen LogP contribution in [0.15, 0.2) is 24.3 Å². The Morgan fingerprint density at radius 1 is 1.25 bits per heavy atom. The molecule has 2 fully saturated rings. The number of rotatable bonds is 6. The highest BCUT2D eigenvalue weighted by Crippen LogP contribution is 2.64. The van der Waals surface area contributed by atoms with Crippen LogP contribution in [0.1, 0.15) is 38.7 Å². The van der Waals surface area contributed by atoms with Gasteiger partial charge in [0.25, 0.3) is 0 Å². The van der Waals surface area contributed by atoms with Gasteiger partial charge in [-0.1, -0.05) is 37.6 Å². The molecule has 1 aromatic carbocycles. The van der Waals surface area contributed by atoms with Crippen LogP contribution in [0.3, 0.4) is 0 Å². The van der Waals surface area contributed by atoms with Crippen molar-refractivity contribution in [2.75, 3.05) is 12.3 Å². The summed E-state index contributed by atoms with van der Waals surface area (Å²) in [6, 6.07) is 7.37. The van der Waals surface area contributed by atoms with Gasteiger partial charge in [0, 0.05) is 23.4 Å². The third kappa shape index (κ3) is 3.02. The maximum atomic E-state index is 12.6. The van der Waals surface area contributed by atoms with Crippen molar-refractivity contribution in [3.63, 3.8) is 0 Å². The van der Waals surface area contributed by atoms with E-state index < -0.39 is 15.4 Å². The zero-order chi connectivity index (χ0) is 17.6. The summed E-state index contributed by atoms with van der Waals surface area (Å²) in [5.74, 6) is 0.379. The van der Waals surface area contributed by atoms with E-state index >= 15 is 0 Å². The first-order valence-electron chi connectivity index (χ1n) is 8.41. The molecule has 3 rings (SSSR count). The predicted octanol–water partition coefficient (Wildman–Crippen LogP) is 3.20. The van der Waals surface area contributed by atoms with E-state index in [1.807, 2.05) is 12.1 Å². The molecule has 0 amide bonds. The van der Waals surface area contributed by atoms with E-state index in [1.165, 1.54) is 0 Å². The molecule has 0 saturated heterocycles. The quantitative estimate of drug-likeness (QED) is 0.837. The molecule has 0 radical (unpaired) electrons. The predicted molar refractivity (Wildman–Crippen MR) is 95.5 cm³/mol. The van der Waals surface area contributed by atoms with Crippen molar-refractivity contribution in [1.82, 2.24) is 4.72 Å². The highest BCUT2D eigenvalue weighted by atomic mass is 35.5. The van der Waals surface area contributed by atoms with Crippen LogP contribution in [-0.4, -0.2) is 26.5 Å². The maximum Gasteiger partial charge on any atom is 0.212 e. The summed E-state index contributed by atoms with van der Waals surface area (Å²) in [5, 5.41) is 0.663. The number of hydrogen-bond donors (Lipinski definition) is 1. The number of benzene rings is 1. The zero-order valence-corrected chi connectivity index (χ0v) is 15.7. The number of sulfonamides is 1. The smallest absolute Gasteiger partial charge is 0.212 e. The molecule has 6 heteroatoms. The van der Waals surface area contributed by atoms with Gasteiger partial charge in [-0.3, -0.25) is 4.79 Å². The molecule has 2 saturated carbocycles. The average Bonchev–Trinajstić information content (AvgIpc) is 2.83. The van der Waals surface area contributed by atoms with E-state index in [4.69, 9.17) is 11.6 Å². The number of nitrogens with one attached hydrogen (secondary N) is 1. The monoisotopic (exact) mass is 369 g/mol. The van der Waals surface area contributed by atoms with Crippen molar-refractivity contribution in [3.05, 3.63) is 34.9 Å². The van der Waals surface area contributed by atoms with Gasteiger partial charge in [-0.2, -0.15) is 0 Å². The number of Topliss-reactive ketones (excluding diaryl/α,β-unsaturated/α-hetero) is 1. The molecule has 2 aliphatic rings. The number of halogens is 1. The normalized spacial score (nSPS) is 28.5. The van der Waals surface area contributed by atoms with Gasteiger partial charge in [0.05, 0.1) is 5.75 Å². The van der Waals surface area contributed by atoms with Gasteiger partial charge in [0.1, 0.15) is 5.78 Å². The summed E-state index contributed by atoms with van der Waals surface area (Å²) in [7, 11) is -3.49. The molecule has 1 N–H and O–H groups in total. The van der Waals surface area contributed by atoms with Crippen LogP contribution in [0, 0.1) is 16.7 Å². The molecule has 4 nitrogen and oxygen atoms in total. The molecule has 2 atom stereocenters. The first-order chi connectivity index (χ1) is 11.2. The Morgan fingerprint density at radius 3 is 2.46 bits per heavy atom. The summed E-state index contributed by atoms with van der Waals surface area (Å²) in [6.45, 7) is 4.44. The largest absolute Gasteiger partial charge is 0.299 e. The molecule has 0 aromatic heterocycles. The van der Waals surface area contributed by atoms with E-state index in [2.05, 4.69) is 18.6 Å². The molecule has 1 aromatic rings. The van der Waals surface area contributed by atoms with Crippen molar-refractivity contribution < 1.29 is 13.2 Å². The van der Waals surface area contributed by atoms with Crippen molar-refractivity contribution in [1.29, 1.82) is 0 Å². The second-order valence-corrected chi connectivity index (χ2v) is 9.94. The minimum Gasteiger partial charge on any atom is -0.299 e. The second kappa shape index (κ2) is 6.11. The van der Waals surface area contributed by atoms with Gasteiger partial charge in [0.15, 0.2) is 0 Å². The molecule has 0 heterocycles. The van der Waals surface area contributed by atoms with E-state index in [9.17, 15) is 13.2 Å². The number of ketones is 1. The summed E-state index contributed by atoms with van der Waals surface area (Å²) in [6.07, 6.45) is 2.79. The SMILES string of the molecule is CC1(C)C2CCC1(CS(=O)(=O)NCCc1ccc(Cl)cc1)C(=O)C2. The third-order valence-corrected chi connectivity index (χ3v) is 7.99. The molecule has 132 valence electrons. The molecule has 2 bridgehead atoms. The van der Waals surface area contributed by atoms with Crippen molar-refractivity contribution in [3.8, 4) is 0 Å². The first-order valence-corrected chi connectivity index (χ1v) is 10.4. The minimum absolute atomic E-state index is 0.0804. The summed E-state index contributed by atoms with van der Waals surface area (Å²) >= 11 is 5.85. The first kappa shape index (κ1) is 17.9. The third-order valence-electron chi connectivity index (χ3n) is 6.22. The number of carbonyl (C=O) groups excluding carboxylic acids is 1. The Bertz CT molecular complexity index is 742. The van der Waals surface area contributed by atoms with Gasteiger partial charge < -0.3 is 0 Å². The van der Waals surface area contributed by atoms with Gasteiger partial charge in [0.2, 0.25) is 10.0 Å². The van der Waals surface area contributed by atoms with Crippen molar-refractivity contribution >= 4 is 27.4 Å². The van der Waals surface area contributed by atoms with E-state index in [1.54, 1.807) is 12.1 Å². The highest BCUT2D eigenvalue weighted by Gasteiger charge is 2.65. The van der Waals surface area contributed by atoms with Gasteiger partial charge in [-0.15, -0.1) is 0 Å². The fourth-order valence-electron chi connectivity index (χ4n) is 4.49. The van der Waals surface area contributed by atoms with Crippen LogP contribution in [0.2, 0.25) is 5.02 Å². The fourth-order valence-corrected chi connectivity index (χ4v) is 6.45. The summed E-state index contributed by atoms with van der Waals surface area (Å²) in [5.41, 5.74) is 0.0946. The lowest BCUT2D eigenvalue weighted by atomic mass is 9.70. The van der Waals surface area contributed by atoms with E-state index in [-0.39, 0.29) is 17.0 Å². The van der Waals surface area contributed by atoms with Crippen molar-refractivity contribution in [2.24, 2.45) is 16.7 Å². The average molecular weight is 370 g/mol. The van der Waals surface area contributed by atoms with Crippen LogP contribution in [-0.2, 0) is 21.2 Å². The molecule has 0 aliphatic heterocycles. The molecule has 2 unspecified atom stereocenters. The lowest BCUT2D eigenvalue weighted by molar-refractivity contribution is -0.128. The molecule has 2 aliphatic carbocycles. The fraction of sp³-hybridized carbons (Fsp3) is 0.611. The Labute approximate surface area is 149 Å². The summed E-state index contributed by atoms with van der Waals surface area (Å²) < 4.78 is 27.8. The van der Waals surface area contributed by atoms with Crippen LogP contribution in [0.5, 0.6) is 0 Å². The van der Waals surface area contributed by atoms with Crippen LogP contribution in [0.25, 0.3) is 0 Å². The molecular weight excluding hydrogens is 346 g/mol. The minimum atomic E-state index is -3.49. The number of carbonyl (C=O) groups is 1. The zero-order valence-electron chi connectivity index (χ0n) is 14.1. The topological polar surface area (TPSA) is 63.2 Å². The number of hydrogen-bond acceptors (Lipinski definition) is 3. The standard InChI is InChI=1S/C18H24ClNO3S/c1-17(2)14-7-9-18(17,16(21)11-14)12-24(22,23)20-10-8-13-3-5-15(19)6-4-13/h3-6,14,20H,7-12H2,1-2H3. The van der Waals surface area contributed by atoms with Crippen LogP contribution < -0.4 is 4.72 Å². The number of fused-ring (bicyclic) bond motifs is 2. The van der Waals surface area contributed by atoms with Gasteiger partial charge in [-0.05, 0) is 48.3 Å². The Kier molecular flexibility index (Phi) is 4.56. The Hall–Kier alpha value is -0.910. The molecular formula is C18H24ClNO3S.